The van der Waals surface area contributed by atoms with Crippen LogP contribution in [0.4, 0.5) is 0 Å². The molecule has 0 spiro atoms. The first-order chi connectivity index (χ1) is 14.1. The van der Waals surface area contributed by atoms with Gasteiger partial charge in [-0.2, -0.15) is 0 Å². The number of methoxy groups -OCH3 is 2. The highest BCUT2D eigenvalue weighted by Crippen LogP contribution is 2.31. The van der Waals surface area contributed by atoms with Gasteiger partial charge in [0.15, 0.2) is 0 Å². The average molecular weight is 397 g/mol. The standard InChI is InChI=1S/C23H27NO5/c1-27-20-12-18(13-21(14-20)28-2)23(24-22(26)10-11-25)17-6-8-19(9-7-17)29-15-16-4-3-5-16/h6-9,11-14,16,23H,3-5,10,15H2,1-2H3,(H,24,26). The van der Waals surface area contributed by atoms with Crippen LogP contribution in [0.15, 0.2) is 42.5 Å². The lowest BCUT2D eigenvalue weighted by atomic mass is 9.86. The highest BCUT2D eigenvalue weighted by atomic mass is 16.5. The maximum atomic E-state index is 12.2. The zero-order valence-corrected chi connectivity index (χ0v) is 16.9. The molecule has 1 aliphatic rings. The number of amides is 1. The second-order valence-corrected chi connectivity index (χ2v) is 7.19. The van der Waals surface area contributed by atoms with E-state index in [1.54, 1.807) is 20.3 Å². The van der Waals surface area contributed by atoms with Gasteiger partial charge in [0, 0.05) is 6.07 Å². The summed E-state index contributed by atoms with van der Waals surface area (Å²) in [7, 11) is 3.15. The first-order valence-electron chi connectivity index (χ1n) is 9.81. The first kappa shape index (κ1) is 20.7. The Bertz CT molecular complexity index is 807. The maximum Gasteiger partial charge on any atom is 0.227 e. The minimum Gasteiger partial charge on any atom is -0.497 e. The van der Waals surface area contributed by atoms with E-state index in [2.05, 4.69) is 5.32 Å². The Kier molecular flexibility index (Phi) is 7.11. The van der Waals surface area contributed by atoms with E-state index in [9.17, 15) is 9.59 Å². The smallest absolute Gasteiger partial charge is 0.227 e. The first-order valence-corrected chi connectivity index (χ1v) is 9.81. The molecule has 154 valence electrons. The third kappa shape index (κ3) is 5.50. The summed E-state index contributed by atoms with van der Waals surface area (Å²) >= 11 is 0. The number of hydrogen-bond acceptors (Lipinski definition) is 5. The van der Waals surface area contributed by atoms with Gasteiger partial charge < -0.3 is 24.3 Å². The van der Waals surface area contributed by atoms with Crippen LogP contribution in [0.1, 0.15) is 42.9 Å². The van der Waals surface area contributed by atoms with Crippen LogP contribution in [0, 0.1) is 5.92 Å². The monoisotopic (exact) mass is 397 g/mol. The number of carbonyl (C=O) groups excluding carboxylic acids is 2. The van der Waals surface area contributed by atoms with Gasteiger partial charge >= 0.3 is 0 Å². The molecular formula is C23H27NO5. The summed E-state index contributed by atoms with van der Waals surface area (Å²) in [5, 5.41) is 2.92. The maximum absolute atomic E-state index is 12.2. The topological polar surface area (TPSA) is 73.9 Å². The minimum absolute atomic E-state index is 0.194. The van der Waals surface area contributed by atoms with Gasteiger partial charge in [-0.3, -0.25) is 4.79 Å². The largest absolute Gasteiger partial charge is 0.497 e. The van der Waals surface area contributed by atoms with E-state index in [0.717, 1.165) is 23.5 Å². The molecule has 2 aromatic rings. The molecule has 29 heavy (non-hydrogen) atoms. The summed E-state index contributed by atoms with van der Waals surface area (Å²) in [6.07, 6.45) is 4.16. The van der Waals surface area contributed by atoms with E-state index < -0.39 is 6.04 Å². The van der Waals surface area contributed by atoms with Crippen molar-refractivity contribution in [3.05, 3.63) is 53.6 Å². The van der Waals surface area contributed by atoms with Gasteiger partial charge in [-0.25, -0.2) is 0 Å². The molecule has 1 N–H and O–H groups in total. The van der Waals surface area contributed by atoms with Crippen LogP contribution in [0.25, 0.3) is 0 Å². The number of nitrogens with one attached hydrogen (secondary N) is 1. The van der Waals surface area contributed by atoms with E-state index in [4.69, 9.17) is 14.2 Å². The number of aldehydes is 1. The molecule has 1 atom stereocenters. The van der Waals surface area contributed by atoms with Crippen LogP contribution in [-0.4, -0.2) is 33.0 Å². The average Bonchev–Trinajstić information content (AvgIpc) is 2.71. The summed E-state index contributed by atoms with van der Waals surface area (Å²) in [6.45, 7) is 0.742. The lowest BCUT2D eigenvalue weighted by molar-refractivity contribution is -0.124. The SMILES string of the molecule is COc1cc(OC)cc(C(NC(=O)CC=O)c2ccc(OCC3CCC3)cc2)c1. The van der Waals surface area contributed by atoms with Crippen molar-refractivity contribution < 1.29 is 23.8 Å². The summed E-state index contributed by atoms with van der Waals surface area (Å²) in [5.74, 6) is 2.36. The number of ether oxygens (including phenoxy) is 3. The molecule has 0 saturated heterocycles. The molecule has 1 unspecified atom stereocenters. The molecule has 0 heterocycles. The van der Waals surface area contributed by atoms with Gasteiger partial charge in [-0.1, -0.05) is 18.6 Å². The van der Waals surface area contributed by atoms with Crippen LogP contribution < -0.4 is 19.5 Å². The molecular weight excluding hydrogens is 370 g/mol. The van der Waals surface area contributed by atoms with Crippen LogP contribution in [0.5, 0.6) is 17.2 Å². The van der Waals surface area contributed by atoms with Crippen molar-refractivity contribution in [2.45, 2.75) is 31.7 Å². The predicted octanol–water partition coefficient (Wildman–Crippen LogP) is 3.68. The Morgan fingerprint density at radius 1 is 1.03 bits per heavy atom. The molecule has 0 aromatic heterocycles. The van der Waals surface area contributed by atoms with Gasteiger partial charge in [0.05, 0.1) is 33.3 Å². The quantitative estimate of drug-likeness (QED) is 0.489. The number of hydrogen-bond donors (Lipinski definition) is 1. The Morgan fingerprint density at radius 3 is 2.21 bits per heavy atom. The van der Waals surface area contributed by atoms with Crippen LogP contribution in [0.3, 0.4) is 0 Å². The van der Waals surface area contributed by atoms with E-state index in [-0.39, 0.29) is 12.3 Å². The molecule has 0 bridgehead atoms. The molecule has 1 amide bonds. The summed E-state index contributed by atoms with van der Waals surface area (Å²) < 4.78 is 16.6. The fourth-order valence-electron chi connectivity index (χ4n) is 3.28. The van der Waals surface area contributed by atoms with Crippen molar-refractivity contribution in [3.63, 3.8) is 0 Å². The fraction of sp³-hybridized carbons (Fsp3) is 0.391. The fourth-order valence-corrected chi connectivity index (χ4v) is 3.28. The molecule has 2 aromatic carbocycles. The molecule has 3 rings (SSSR count). The Hall–Kier alpha value is -3.02. The highest BCUT2D eigenvalue weighted by Gasteiger charge is 2.20. The van der Waals surface area contributed by atoms with Crippen molar-refractivity contribution in [3.8, 4) is 17.2 Å². The van der Waals surface area contributed by atoms with Crippen molar-refractivity contribution in [2.24, 2.45) is 5.92 Å². The molecule has 0 radical (unpaired) electrons. The van der Waals surface area contributed by atoms with Gasteiger partial charge in [0.25, 0.3) is 0 Å². The zero-order chi connectivity index (χ0) is 20.6. The van der Waals surface area contributed by atoms with Crippen LogP contribution >= 0.6 is 0 Å². The van der Waals surface area contributed by atoms with Gasteiger partial charge in [0.2, 0.25) is 5.91 Å². The van der Waals surface area contributed by atoms with Crippen molar-refractivity contribution in [1.29, 1.82) is 0 Å². The van der Waals surface area contributed by atoms with Crippen molar-refractivity contribution >= 4 is 12.2 Å². The number of rotatable bonds is 10. The van der Waals surface area contributed by atoms with Crippen molar-refractivity contribution in [1.82, 2.24) is 5.32 Å². The zero-order valence-electron chi connectivity index (χ0n) is 16.9. The van der Waals surface area contributed by atoms with Gasteiger partial charge in [0.1, 0.15) is 23.5 Å². The third-order valence-corrected chi connectivity index (χ3v) is 5.21. The number of benzene rings is 2. The lowest BCUT2D eigenvalue weighted by Crippen LogP contribution is -2.29. The summed E-state index contributed by atoms with van der Waals surface area (Å²) in [6, 6.07) is 12.7. The van der Waals surface area contributed by atoms with Crippen LogP contribution in [-0.2, 0) is 9.59 Å². The predicted molar refractivity (Wildman–Crippen MR) is 109 cm³/mol. The molecule has 1 fully saturated rings. The van der Waals surface area contributed by atoms with Gasteiger partial charge in [-0.05, 0) is 54.2 Å². The van der Waals surface area contributed by atoms with E-state index >= 15 is 0 Å². The second-order valence-electron chi connectivity index (χ2n) is 7.19. The molecule has 1 aliphatic carbocycles. The summed E-state index contributed by atoms with van der Waals surface area (Å²) in [5.41, 5.74) is 1.67. The Morgan fingerprint density at radius 2 is 1.69 bits per heavy atom. The molecule has 6 nitrogen and oxygen atoms in total. The van der Waals surface area contributed by atoms with E-state index in [1.807, 2.05) is 36.4 Å². The summed E-state index contributed by atoms with van der Waals surface area (Å²) in [4.78, 5) is 22.9. The minimum atomic E-state index is -0.452. The normalized spacial score (nSPS) is 14.4. The van der Waals surface area contributed by atoms with Gasteiger partial charge in [-0.15, -0.1) is 0 Å². The lowest BCUT2D eigenvalue weighted by Gasteiger charge is -2.25. The second kappa shape index (κ2) is 9.96. The van der Waals surface area contributed by atoms with E-state index in [0.29, 0.717) is 23.7 Å². The molecule has 6 heteroatoms. The Balaban J connectivity index is 1.84. The molecule has 0 aliphatic heterocycles. The molecule has 1 saturated carbocycles. The van der Waals surface area contributed by atoms with Crippen molar-refractivity contribution in [2.75, 3.05) is 20.8 Å². The van der Waals surface area contributed by atoms with E-state index in [1.165, 1.54) is 19.3 Å². The highest BCUT2D eigenvalue weighted by molar-refractivity contribution is 5.88. The Labute approximate surface area is 171 Å². The number of carbonyl (C=O) groups is 2. The third-order valence-electron chi connectivity index (χ3n) is 5.21. The van der Waals surface area contributed by atoms with Crippen LogP contribution in [0.2, 0.25) is 0 Å².